The van der Waals surface area contributed by atoms with E-state index in [9.17, 15) is 0 Å². The zero-order chi connectivity index (χ0) is 25.8. The van der Waals surface area contributed by atoms with Crippen LogP contribution in [-0.4, -0.2) is 9.97 Å². The highest BCUT2D eigenvalue weighted by Gasteiger charge is 2.19. The minimum absolute atomic E-state index is 0.657. The average Bonchev–Trinajstić information content (AvgIpc) is 3.40. The Hall–Kier alpha value is -5.28. The molecule has 0 radical (unpaired) electrons. The maximum absolute atomic E-state index is 6.72. The van der Waals surface area contributed by atoms with Crippen molar-refractivity contribution in [2.75, 3.05) is 0 Å². The van der Waals surface area contributed by atoms with Crippen molar-refractivity contribution in [1.82, 2.24) is 9.97 Å². The second kappa shape index (κ2) is 8.64. The van der Waals surface area contributed by atoms with Crippen LogP contribution in [0.3, 0.4) is 0 Å². The first-order valence-electron chi connectivity index (χ1n) is 13.1. The van der Waals surface area contributed by atoms with Crippen molar-refractivity contribution in [2.24, 2.45) is 0 Å². The lowest BCUT2D eigenvalue weighted by atomic mass is 9.95. The average molecular weight is 499 g/mol. The fourth-order valence-electron chi connectivity index (χ4n) is 5.67. The smallest absolute Gasteiger partial charge is 0.164 e. The Kier molecular flexibility index (Phi) is 4.82. The Bertz CT molecular complexity index is 2160. The van der Waals surface area contributed by atoms with E-state index in [2.05, 4.69) is 97.1 Å². The van der Waals surface area contributed by atoms with E-state index >= 15 is 0 Å². The number of hydrogen-bond donors (Lipinski definition) is 0. The van der Waals surface area contributed by atoms with E-state index in [-0.39, 0.29) is 0 Å². The summed E-state index contributed by atoms with van der Waals surface area (Å²) >= 11 is 0. The summed E-state index contributed by atoms with van der Waals surface area (Å²) in [5, 5.41) is 5.45. The van der Waals surface area contributed by atoms with E-state index in [1.54, 1.807) is 0 Å². The first-order valence-corrected chi connectivity index (χ1v) is 13.1. The van der Waals surface area contributed by atoms with Crippen molar-refractivity contribution < 1.29 is 4.42 Å². The van der Waals surface area contributed by atoms with E-state index in [0.29, 0.717) is 5.82 Å². The van der Waals surface area contributed by atoms with Crippen molar-refractivity contribution in [3.8, 4) is 33.8 Å². The van der Waals surface area contributed by atoms with Gasteiger partial charge in [-0.25, -0.2) is 9.97 Å². The molecule has 0 amide bonds. The van der Waals surface area contributed by atoms with Crippen molar-refractivity contribution in [1.29, 1.82) is 0 Å². The summed E-state index contributed by atoms with van der Waals surface area (Å²) in [5.74, 6) is 0.657. The maximum Gasteiger partial charge on any atom is 0.164 e. The van der Waals surface area contributed by atoms with Gasteiger partial charge in [0.2, 0.25) is 0 Å². The number of hydrogen-bond acceptors (Lipinski definition) is 3. The highest BCUT2D eigenvalue weighted by Crippen LogP contribution is 2.42. The molecule has 0 N–H and O–H groups in total. The Balaban J connectivity index is 1.44. The SMILES string of the molecule is c1ccc(-c2nc(-c3cccc4c3oc3c5ccccc5c(-c5ccccc5)cc43)nc3ccccc23)cc1. The highest BCUT2D eigenvalue weighted by atomic mass is 16.3. The van der Waals surface area contributed by atoms with Crippen molar-refractivity contribution in [3.63, 3.8) is 0 Å². The quantitative estimate of drug-likeness (QED) is 0.243. The number of benzene rings is 6. The maximum atomic E-state index is 6.72. The van der Waals surface area contributed by atoms with Crippen molar-refractivity contribution in [2.45, 2.75) is 0 Å². The molecule has 8 aromatic rings. The van der Waals surface area contributed by atoms with Gasteiger partial charge < -0.3 is 4.42 Å². The lowest BCUT2D eigenvalue weighted by molar-refractivity contribution is 0.673. The normalized spacial score (nSPS) is 11.6. The summed E-state index contributed by atoms with van der Waals surface area (Å²) < 4.78 is 6.72. The van der Waals surface area contributed by atoms with Crippen LogP contribution in [0, 0.1) is 0 Å². The van der Waals surface area contributed by atoms with Crippen LogP contribution in [0.15, 0.2) is 138 Å². The van der Waals surface area contributed by atoms with E-state index in [1.807, 2.05) is 36.4 Å². The molecule has 0 saturated carbocycles. The summed E-state index contributed by atoms with van der Waals surface area (Å²) in [5.41, 5.74) is 7.84. The van der Waals surface area contributed by atoms with Gasteiger partial charge in [-0.05, 0) is 34.7 Å². The number of furan rings is 1. The molecule has 6 aromatic carbocycles. The molecule has 39 heavy (non-hydrogen) atoms. The molecule has 0 spiro atoms. The van der Waals surface area contributed by atoms with Crippen molar-refractivity contribution in [3.05, 3.63) is 133 Å². The summed E-state index contributed by atoms with van der Waals surface area (Å²) in [6, 6.07) is 46.0. The highest BCUT2D eigenvalue weighted by molar-refractivity contribution is 6.20. The van der Waals surface area contributed by atoms with Crippen LogP contribution < -0.4 is 0 Å². The fraction of sp³-hybridized carbons (Fsp3) is 0. The number of fused-ring (bicyclic) bond motifs is 6. The Labute approximate surface area is 225 Å². The van der Waals surface area contributed by atoms with Crippen LogP contribution in [0.25, 0.3) is 77.4 Å². The van der Waals surface area contributed by atoms with Gasteiger partial charge in [-0.2, -0.15) is 0 Å². The molecule has 182 valence electrons. The number of rotatable bonds is 3. The monoisotopic (exact) mass is 498 g/mol. The van der Waals surface area contributed by atoms with E-state index in [1.165, 1.54) is 16.5 Å². The van der Waals surface area contributed by atoms with Crippen LogP contribution in [-0.2, 0) is 0 Å². The van der Waals surface area contributed by atoms with Gasteiger partial charge in [0.05, 0.1) is 16.8 Å². The predicted molar refractivity (Wildman–Crippen MR) is 161 cm³/mol. The second-order valence-electron chi connectivity index (χ2n) is 9.78. The summed E-state index contributed by atoms with van der Waals surface area (Å²) in [6.07, 6.45) is 0. The fourth-order valence-corrected chi connectivity index (χ4v) is 5.67. The first-order chi connectivity index (χ1) is 19.3. The molecule has 3 nitrogen and oxygen atoms in total. The van der Waals surface area contributed by atoms with Gasteiger partial charge in [0.25, 0.3) is 0 Å². The van der Waals surface area contributed by atoms with Crippen LogP contribution in [0.1, 0.15) is 0 Å². The van der Waals surface area contributed by atoms with E-state index < -0.39 is 0 Å². The Morgan fingerprint density at radius 2 is 1.03 bits per heavy atom. The van der Waals surface area contributed by atoms with E-state index in [0.717, 1.165) is 55.0 Å². The second-order valence-corrected chi connectivity index (χ2v) is 9.78. The molecule has 0 aliphatic rings. The molecular weight excluding hydrogens is 476 g/mol. The number of para-hydroxylation sites is 2. The standard InChI is InChI=1S/C36H22N2O/c1-3-12-23(13-4-1)30-22-31-27-19-11-20-29(34(27)39-35(31)26-17-8-7-16-25(26)30)36-37-32-21-10-9-18-28(32)33(38-36)24-14-5-2-6-15-24/h1-22H. The Morgan fingerprint density at radius 3 is 1.82 bits per heavy atom. The molecule has 0 aliphatic carbocycles. The Morgan fingerprint density at radius 1 is 0.410 bits per heavy atom. The number of aromatic nitrogens is 2. The molecule has 8 rings (SSSR count). The van der Waals surface area contributed by atoms with Gasteiger partial charge in [-0.3, -0.25) is 0 Å². The van der Waals surface area contributed by atoms with Gasteiger partial charge in [0, 0.05) is 27.1 Å². The molecule has 0 atom stereocenters. The van der Waals surface area contributed by atoms with Crippen LogP contribution in [0.4, 0.5) is 0 Å². The van der Waals surface area contributed by atoms with Gasteiger partial charge in [0.1, 0.15) is 11.2 Å². The zero-order valence-electron chi connectivity index (χ0n) is 21.0. The van der Waals surface area contributed by atoms with Gasteiger partial charge in [-0.15, -0.1) is 0 Å². The third-order valence-corrected chi connectivity index (χ3v) is 7.48. The van der Waals surface area contributed by atoms with Crippen molar-refractivity contribution >= 4 is 43.6 Å². The topological polar surface area (TPSA) is 38.9 Å². The third-order valence-electron chi connectivity index (χ3n) is 7.48. The molecule has 0 saturated heterocycles. The first kappa shape index (κ1) is 21.8. The predicted octanol–water partition coefficient (Wildman–Crippen LogP) is 9.68. The molecule has 0 bridgehead atoms. The molecule has 0 fully saturated rings. The van der Waals surface area contributed by atoms with Crippen LogP contribution >= 0.6 is 0 Å². The minimum Gasteiger partial charge on any atom is -0.455 e. The summed E-state index contributed by atoms with van der Waals surface area (Å²) in [6.45, 7) is 0. The third kappa shape index (κ3) is 3.44. The van der Waals surface area contributed by atoms with Gasteiger partial charge in [0.15, 0.2) is 5.82 Å². The zero-order valence-corrected chi connectivity index (χ0v) is 21.0. The molecule has 0 aliphatic heterocycles. The molecule has 2 heterocycles. The van der Waals surface area contributed by atoms with E-state index in [4.69, 9.17) is 14.4 Å². The number of nitrogens with zero attached hydrogens (tertiary/aromatic N) is 2. The van der Waals surface area contributed by atoms with Crippen LogP contribution in [0.5, 0.6) is 0 Å². The molecule has 0 unspecified atom stereocenters. The largest absolute Gasteiger partial charge is 0.455 e. The van der Waals surface area contributed by atoms with Gasteiger partial charge in [-0.1, -0.05) is 115 Å². The lowest BCUT2D eigenvalue weighted by Gasteiger charge is -2.09. The molecule has 2 aromatic heterocycles. The van der Waals surface area contributed by atoms with Crippen LogP contribution in [0.2, 0.25) is 0 Å². The lowest BCUT2D eigenvalue weighted by Crippen LogP contribution is -1.95. The molecular formula is C36H22N2O. The van der Waals surface area contributed by atoms with Gasteiger partial charge >= 0.3 is 0 Å². The summed E-state index contributed by atoms with van der Waals surface area (Å²) in [4.78, 5) is 10.1. The summed E-state index contributed by atoms with van der Waals surface area (Å²) in [7, 11) is 0. The molecule has 3 heteroatoms. The minimum atomic E-state index is 0.657.